The van der Waals surface area contributed by atoms with E-state index in [1.54, 1.807) is 26.0 Å². The van der Waals surface area contributed by atoms with Crippen LogP contribution in [0.5, 0.6) is 23.0 Å². The summed E-state index contributed by atoms with van der Waals surface area (Å²) in [7, 11) is 4.03. The Morgan fingerprint density at radius 3 is 1.76 bits per heavy atom. The molecule has 0 atom stereocenters. The zero-order valence-corrected chi connectivity index (χ0v) is 27.7. The molecule has 4 aromatic rings. The fourth-order valence-corrected chi connectivity index (χ4v) is 6.63. The minimum absolute atomic E-state index is 0.00795. The van der Waals surface area contributed by atoms with Gasteiger partial charge in [0.05, 0.1) is 49.7 Å². The molecule has 0 spiro atoms. The molecule has 45 heavy (non-hydrogen) atoms. The van der Waals surface area contributed by atoms with Gasteiger partial charge in [0, 0.05) is 45.1 Å². The molecule has 0 aliphatic rings. The number of hydrogen-bond donors (Lipinski definition) is 0. The number of carbonyl (C=O) groups is 3. The van der Waals surface area contributed by atoms with Crippen molar-refractivity contribution in [3.63, 3.8) is 0 Å². The molecule has 0 saturated heterocycles. The van der Waals surface area contributed by atoms with Crippen molar-refractivity contribution in [1.29, 1.82) is 0 Å². The normalized spacial score (nSPS) is 11.4. The smallest absolute Gasteiger partial charge is 0.311 e. The number of thiophene rings is 2. The molecular weight excluding hydrogens is 626 g/mol. The van der Waals surface area contributed by atoms with Crippen LogP contribution >= 0.6 is 22.7 Å². The Kier molecular flexibility index (Phi) is 10.5. The van der Waals surface area contributed by atoms with E-state index >= 15 is 8.78 Å². The molecule has 0 radical (unpaired) electrons. The second-order valence-corrected chi connectivity index (χ2v) is 13.3. The van der Waals surface area contributed by atoms with Gasteiger partial charge in [0.2, 0.25) is 0 Å². The third-order valence-electron chi connectivity index (χ3n) is 6.86. The lowest BCUT2D eigenvalue weighted by Crippen LogP contribution is -2.28. The van der Waals surface area contributed by atoms with Crippen LogP contribution in [0.1, 0.15) is 59.9 Å². The van der Waals surface area contributed by atoms with Crippen LogP contribution < -0.4 is 18.9 Å². The maximum Gasteiger partial charge on any atom is 0.311 e. The molecule has 0 saturated carbocycles. The van der Waals surface area contributed by atoms with E-state index in [0.29, 0.717) is 19.2 Å². The first-order chi connectivity index (χ1) is 21.3. The van der Waals surface area contributed by atoms with Gasteiger partial charge in [0.1, 0.15) is 0 Å². The van der Waals surface area contributed by atoms with Crippen molar-refractivity contribution >= 4 is 60.4 Å². The highest BCUT2D eigenvalue weighted by Crippen LogP contribution is 2.42. The van der Waals surface area contributed by atoms with Gasteiger partial charge in [-0.1, -0.05) is 5.57 Å². The van der Waals surface area contributed by atoms with Gasteiger partial charge < -0.3 is 23.7 Å². The average molecular weight is 661 g/mol. The first-order valence-corrected chi connectivity index (χ1v) is 15.6. The van der Waals surface area contributed by atoms with E-state index < -0.39 is 23.0 Å². The van der Waals surface area contributed by atoms with Crippen LogP contribution in [0.4, 0.5) is 8.78 Å². The number of hydrogen-bond acceptors (Lipinski definition) is 10. The third-order valence-corrected chi connectivity index (χ3v) is 9.08. The Balaban J connectivity index is 1.46. The summed E-state index contributed by atoms with van der Waals surface area (Å²) in [6, 6.07) is 6.15. The summed E-state index contributed by atoms with van der Waals surface area (Å²) in [6.07, 6.45) is 1.65. The molecule has 12 heteroatoms. The lowest BCUT2D eigenvalue weighted by atomic mass is 9.87. The summed E-state index contributed by atoms with van der Waals surface area (Å²) < 4.78 is 59.1. The number of fused-ring (bicyclic) bond motifs is 2. The van der Waals surface area contributed by atoms with Crippen molar-refractivity contribution in [1.82, 2.24) is 0 Å². The van der Waals surface area contributed by atoms with Crippen molar-refractivity contribution < 1.29 is 46.8 Å². The number of halogens is 2. The van der Waals surface area contributed by atoms with Gasteiger partial charge in [0.15, 0.2) is 46.2 Å². The lowest BCUT2D eigenvalue weighted by molar-refractivity contribution is -0.150. The number of allylic oxidation sites excluding steroid dienone is 2. The van der Waals surface area contributed by atoms with Crippen LogP contribution in [-0.2, 0) is 9.53 Å². The highest BCUT2D eigenvalue weighted by Gasteiger charge is 2.33. The van der Waals surface area contributed by atoms with Crippen molar-refractivity contribution in [2.45, 2.75) is 40.5 Å². The SMILES string of the molecule is COC(=O)C(C)(C)CC(=O)c1cc2c(F)c(OCCCOc3c(OC)cc4sc(C(=O)C=C(C)C)cc4c3F)c(OC)cc2s1. The second kappa shape index (κ2) is 13.9. The Bertz CT molecular complexity index is 1800. The first kappa shape index (κ1) is 33.9. The zero-order chi connectivity index (χ0) is 33.1. The van der Waals surface area contributed by atoms with Gasteiger partial charge in [0.25, 0.3) is 0 Å². The van der Waals surface area contributed by atoms with E-state index in [4.69, 9.17) is 23.7 Å². The predicted molar refractivity (Wildman–Crippen MR) is 171 cm³/mol. The number of benzene rings is 2. The minimum Gasteiger partial charge on any atom is -0.493 e. The largest absolute Gasteiger partial charge is 0.493 e. The number of carbonyl (C=O) groups excluding carboxylic acids is 3. The van der Waals surface area contributed by atoms with Crippen LogP contribution in [-0.4, -0.2) is 52.1 Å². The Morgan fingerprint density at radius 2 is 1.29 bits per heavy atom. The minimum atomic E-state index is -1.04. The van der Waals surface area contributed by atoms with Crippen molar-refractivity contribution in [3.05, 3.63) is 57.3 Å². The van der Waals surface area contributed by atoms with E-state index in [0.717, 1.165) is 16.9 Å². The summed E-state index contributed by atoms with van der Waals surface area (Å²) in [5.41, 5.74) is -0.198. The number of esters is 1. The van der Waals surface area contributed by atoms with Crippen LogP contribution in [0.3, 0.4) is 0 Å². The van der Waals surface area contributed by atoms with E-state index in [9.17, 15) is 14.4 Å². The number of methoxy groups -OCH3 is 3. The third kappa shape index (κ3) is 7.28. The summed E-state index contributed by atoms with van der Waals surface area (Å²) in [5.74, 6) is -2.28. The van der Waals surface area contributed by atoms with Crippen LogP contribution in [0.15, 0.2) is 35.9 Å². The Morgan fingerprint density at radius 1 is 0.800 bits per heavy atom. The highest BCUT2D eigenvalue weighted by molar-refractivity contribution is 7.21. The molecule has 0 unspecified atom stereocenters. The van der Waals surface area contributed by atoms with Crippen molar-refractivity contribution in [2.24, 2.45) is 5.41 Å². The molecule has 2 aromatic heterocycles. The van der Waals surface area contributed by atoms with Gasteiger partial charge in [-0.25, -0.2) is 8.78 Å². The molecule has 2 heterocycles. The van der Waals surface area contributed by atoms with Crippen LogP contribution in [0, 0.1) is 17.0 Å². The Hall–Kier alpha value is -4.03. The van der Waals surface area contributed by atoms with Crippen molar-refractivity contribution in [2.75, 3.05) is 34.5 Å². The topological polar surface area (TPSA) is 97.4 Å². The maximum atomic E-state index is 15.6. The summed E-state index contributed by atoms with van der Waals surface area (Å²) >= 11 is 2.26. The van der Waals surface area contributed by atoms with Gasteiger partial charge in [-0.3, -0.25) is 14.4 Å². The monoisotopic (exact) mass is 660 g/mol. The molecule has 8 nitrogen and oxygen atoms in total. The van der Waals surface area contributed by atoms with E-state index in [1.165, 1.54) is 50.9 Å². The molecule has 0 aliphatic carbocycles. The Labute approximate surface area is 267 Å². The summed E-state index contributed by atoms with van der Waals surface area (Å²) in [5, 5.41) is 0.435. The van der Waals surface area contributed by atoms with Gasteiger partial charge in [-0.15, -0.1) is 22.7 Å². The predicted octanol–water partition coefficient (Wildman–Crippen LogP) is 8.18. The fraction of sp³-hybridized carbons (Fsp3) is 0.364. The average Bonchev–Trinajstić information content (AvgIpc) is 3.63. The maximum absolute atomic E-state index is 15.6. The molecule has 0 fully saturated rings. The number of Topliss-reactive ketones (excluding diaryl/α,β-unsaturated/α-hetero) is 1. The fourth-order valence-electron chi connectivity index (χ4n) is 4.61. The zero-order valence-electron chi connectivity index (χ0n) is 26.1. The molecule has 240 valence electrons. The molecule has 4 rings (SSSR count). The standard InChI is InChI=1S/C33H34F2O8S2/c1-17(2)11-20(36)26-12-18-24(44-26)14-22(39-5)30(28(18)34)42-9-8-10-43-31-23(40-6)15-25-19(29(31)35)13-27(45-25)21(37)16-33(3,4)32(38)41-7/h11-15H,8-10,16H2,1-7H3. The number of rotatable bonds is 14. The molecule has 0 aliphatic heterocycles. The van der Waals surface area contributed by atoms with Crippen LogP contribution in [0.2, 0.25) is 0 Å². The number of ether oxygens (including phenoxy) is 5. The molecule has 0 N–H and O–H groups in total. The second-order valence-electron chi connectivity index (χ2n) is 11.1. The molecule has 2 aromatic carbocycles. The molecule has 0 bridgehead atoms. The van der Waals surface area contributed by atoms with E-state index in [1.807, 2.05) is 13.8 Å². The van der Waals surface area contributed by atoms with Gasteiger partial charge in [-0.05, 0) is 45.9 Å². The van der Waals surface area contributed by atoms with Crippen molar-refractivity contribution in [3.8, 4) is 23.0 Å². The quantitative estimate of drug-likeness (QED) is 0.0578. The van der Waals surface area contributed by atoms with Gasteiger partial charge in [-0.2, -0.15) is 0 Å². The van der Waals surface area contributed by atoms with E-state index in [-0.39, 0.29) is 71.4 Å². The number of ketones is 2. The molecular formula is C33H34F2O8S2. The summed E-state index contributed by atoms with van der Waals surface area (Å²) in [4.78, 5) is 38.1. The van der Waals surface area contributed by atoms with Gasteiger partial charge >= 0.3 is 5.97 Å². The molecule has 0 amide bonds. The first-order valence-electron chi connectivity index (χ1n) is 14.0. The van der Waals surface area contributed by atoms with Crippen LogP contribution in [0.25, 0.3) is 20.2 Å². The lowest BCUT2D eigenvalue weighted by Gasteiger charge is -2.19. The highest BCUT2D eigenvalue weighted by atomic mass is 32.1. The summed E-state index contributed by atoms with van der Waals surface area (Å²) in [6.45, 7) is 6.87. The van der Waals surface area contributed by atoms with E-state index in [2.05, 4.69) is 0 Å².